The molecule has 3 heteroatoms. The van der Waals surface area contributed by atoms with Crippen molar-refractivity contribution in [2.45, 2.75) is 6.42 Å². The first-order chi connectivity index (χ1) is 6.20. The molecular weight excluding hydrogens is 169 g/mol. The van der Waals surface area contributed by atoms with Crippen molar-refractivity contribution < 1.29 is 9.13 Å². The van der Waals surface area contributed by atoms with Gasteiger partial charge in [0.15, 0.2) is 0 Å². The normalized spacial score (nSPS) is 9.69. The topological polar surface area (TPSA) is 35.2 Å². The maximum Gasteiger partial charge on any atom is 0.148 e. The third kappa shape index (κ3) is 1.80. The minimum atomic E-state index is -0.314. The molecule has 13 heavy (non-hydrogen) atoms. The maximum absolute atomic E-state index is 13.2. The molecule has 0 bridgehead atoms. The van der Waals surface area contributed by atoms with Gasteiger partial charge in [-0.3, -0.25) is 0 Å². The van der Waals surface area contributed by atoms with E-state index in [2.05, 4.69) is 6.58 Å². The Hall–Kier alpha value is -1.51. The second-order valence-electron chi connectivity index (χ2n) is 2.64. The van der Waals surface area contributed by atoms with Crippen LogP contribution in [0.2, 0.25) is 0 Å². The van der Waals surface area contributed by atoms with Gasteiger partial charge in [-0.05, 0) is 18.6 Å². The van der Waals surface area contributed by atoms with Crippen LogP contribution in [0.1, 0.15) is 5.56 Å². The quantitative estimate of drug-likeness (QED) is 0.572. The summed E-state index contributed by atoms with van der Waals surface area (Å²) in [6.45, 7) is 3.54. The van der Waals surface area contributed by atoms with Crippen molar-refractivity contribution in [3.63, 3.8) is 0 Å². The number of rotatable bonds is 3. The van der Waals surface area contributed by atoms with Crippen LogP contribution in [0.5, 0.6) is 5.75 Å². The highest BCUT2D eigenvalue weighted by Gasteiger charge is 2.10. The Morgan fingerprint density at radius 2 is 2.31 bits per heavy atom. The summed E-state index contributed by atoms with van der Waals surface area (Å²) in [4.78, 5) is 0. The molecule has 0 aliphatic heterocycles. The van der Waals surface area contributed by atoms with Gasteiger partial charge in [0.2, 0.25) is 0 Å². The van der Waals surface area contributed by atoms with Crippen molar-refractivity contribution in [3.05, 3.63) is 36.2 Å². The van der Waals surface area contributed by atoms with E-state index < -0.39 is 0 Å². The molecule has 1 aromatic rings. The predicted molar refractivity (Wildman–Crippen MR) is 51.3 cm³/mol. The van der Waals surface area contributed by atoms with Crippen molar-refractivity contribution in [2.24, 2.45) is 0 Å². The lowest BCUT2D eigenvalue weighted by molar-refractivity contribution is 0.408. The van der Waals surface area contributed by atoms with Gasteiger partial charge in [0, 0.05) is 5.56 Å². The van der Waals surface area contributed by atoms with Crippen LogP contribution in [-0.4, -0.2) is 7.11 Å². The van der Waals surface area contributed by atoms with Gasteiger partial charge < -0.3 is 10.5 Å². The molecule has 0 fully saturated rings. The number of ether oxygens (including phenoxy) is 1. The molecule has 0 aromatic heterocycles. The molecule has 0 heterocycles. The number of methoxy groups -OCH3 is 1. The fourth-order valence-corrected chi connectivity index (χ4v) is 1.20. The lowest BCUT2D eigenvalue weighted by Crippen LogP contribution is -1.99. The van der Waals surface area contributed by atoms with E-state index in [1.165, 1.54) is 19.2 Å². The van der Waals surface area contributed by atoms with Crippen LogP contribution in [0.25, 0.3) is 0 Å². The van der Waals surface area contributed by atoms with Crippen LogP contribution in [0.3, 0.4) is 0 Å². The summed E-state index contributed by atoms with van der Waals surface area (Å²) in [5.74, 6) is 0.0888. The lowest BCUT2D eigenvalue weighted by Gasteiger charge is -2.10. The molecule has 2 N–H and O–H groups in total. The molecule has 2 nitrogen and oxygen atoms in total. The Kier molecular flexibility index (Phi) is 2.90. The second kappa shape index (κ2) is 3.94. The van der Waals surface area contributed by atoms with Crippen molar-refractivity contribution in [2.75, 3.05) is 12.8 Å². The molecule has 0 atom stereocenters. The number of halogens is 1. The Morgan fingerprint density at radius 3 is 2.85 bits per heavy atom. The smallest absolute Gasteiger partial charge is 0.148 e. The molecule has 0 radical (unpaired) electrons. The number of nitrogens with two attached hydrogens (primary N) is 1. The zero-order valence-corrected chi connectivity index (χ0v) is 7.51. The van der Waals surface area contributed by atoms with E-state index in [9.17, 15) is 4.39 Å². The van der Waals surface area contributed by atoms with Gasteiger partial charge in [-0.25, -0.2) is 4.39 Å². The largest absolute Gasteiger partial charge is 0.494 e. The van der Waals surface area contributed by atoms with E-state index in [0.29, 0.717) is 23.4 Å². The Balaban J connectivity index is 3.25. The van der Waals surface area contributed by atoms with E-state index in [0.717, 1.165) is 0 Å². The number of benzene rings is 1. The first-order valence-electron chi connectivity index (χ1n) is 3.92. The number of anilines is 1. The summed E-state index contributed by atoms with van der Waals surface area (Å²) in [6.07, 6.45) is 2.03. The van der Waals surface area contributed by atoms with Gasteiger partial charge in [0.1, 0.15) is 11.6 Å². The van der Waals surface area contributed by atoms with Gasteiger partial charge >= 0.3 is 0 Å². The molecule has 1 rings (SSSR count). The number of hydrogen-bond donors (Lipinski definition) is 1. The van der Waals surface area contributed by atoms with Gasteiger partial charge in [-0.2, -0.15) is 0 Å². The first-order valence-corrected chi connectivity index (χ1v) is 3.92. The number of nitrogen functional groups attached to an aromatic ring is 1. The van der Waals surface area contributed by atoms with Crippen LogP contribution >= 0.6 is 0 Å². The van der Waals surface area contributed by atoms with Crippen LogP contribution in [0, 0.1) is 5.82 Å². The molecular formula is C10H12FNO. The highest BCUT2D eigenvalue weighted by Crippen LogP contribution is 2.28. The Labute approximate surface area is 76.8 Å². The highest BCUT2D eigenvalue weighted by molar-refractivity contribution is 5.57. The number of hydrogen-bond acceptors (Lipinski definition) is 2. The van der Waals surface area contributed by atoms with Crippen LogP contribution in [0.4, 0.5) is 10.1 Å². The van der Waals surface area contributed by atoms with Gasteiger partial charge in [-0.1, -0.05) is 6.08 Å². The summed E-state index contributed by atoms with van der Waals surface area (Å²) in [5.41, 5.74) is 6.51. The first kappa shape index (κ1) is 9.58. The minimum Gasteiger partial charge on any atom is -0.494 e. The molecule has 1 aromatic carbocycles. The molecule has 0 saturated carbocycles. The molecule has 0 unspecified atom stereocenters. The predicted octanol–water partition coefficient (Wildman–Crippen LogP) is 2.14. The monoisotopic (exact) mass is 181 g/mol. The molecule has 0 spiro atoms. The molecule has 70 valence electrons. The summed E-state index contributed by atoms with van der Waals surface area (Å²) >= 11 is 0. The molecule has 0 aliphatic rings. The maximum atomic E-state index is 13.2. The van der Waals surface area contributed by atoms with Gasteiger partial charge in [0.25, 0.3) is 0 Å². The standard InChI is InChI=1S/C10H12FNO/c1-3-4-7-8(11)5-6-9(12)10(7)13-2/h3,5-6H,1,4,12H2,2H3. The lowest BCUT2D eigenvalue weighted by atomic mass is 10.1. The van der Waals surface area contributed by atoms with E-state index in [-0.39, 0.29) is 5.82 Å². The van der Waals surface area contributed by atoms with Crippen molar-refractivity contribution in [1.82, 2.24) is 0 Å². The minimum absolute atomic E-state index is 0.314. The van der Waals surface area contributed by atoms with Crippen LogP contribution in [-0.2, 0) is 6.42 Å². The average molecular weight is 181 g/mol. The summed E-state index contributed by atoms with van der Waals surface area (Å²) in [7, 11) is 1.47. The molecule has 0 saturated heterocycles. The van der Waals surface area contributed by atoms with E-state index >= 15 is 0 Å². The third-order valence-corrected chi connectivity index (χ3v) is 1.79. The third-order valence-electron chi connectivity index (χ3n) is 1.79. The molecule has 0 aliphatic carbocycles. The zero-order valence-electron chi connectivity index (χ0n) is 7.51. The van der Waals surface area contributed by atoms with Gasteiger partial charge in [-0.15, -0.1) is 6.58 Å². The van der Waals surface area contributed by atoms with E-state index in [1.54, 1.807) is 6.08 Å². The SMILES string of the molecule is C=CCc1c(F)ccc(N)c1OC. The Morgan fingerprint density at radius 1 is 1.62 bits per heavy atom. The van der Waals surface area contributed by atoms with Crippen molar-refractivity contribution in [3.8, 4) is 5.75 Å². The zero-order chi connectivity index (χ0) is 9.84. The molecule has 0 amide bonds. The Bertz CT molecular complexity index is 323. The van der Waals surface area contributed by atoms with E-state index in [1.807, 2.05) is 0 Å². The van der Waals surface area contributed by atoms with E-state index in [4.69, 9.17) is 10.5 Å². The van der Waals surface area contributed by atoms with Crippen LogP contribution in [0.15, 0.2) is 24.8 Å². The summed E-state index contributed by atoms with van der Waals surface area (Å²) in [6, 6.07) is 2.82. The van der Waals surface area contributed by atoms with Crippen LogP contribution < -0.4 is 10.5 Å². The van der Waals surface area contributed by atoms with Crippen molar-refractivity contribution >= 4 is 5.69 Å². The second-order valence-corrected chi connectivity index (χ2v) is 2.64. The van der Waals surface area contributed by atoms with Crippen molar-refractivity contribution in [1.29, 1.82) is 0 Å². The fourth-order valence-electron chi connectivity index (χ4n) is 1.20. The fraction of sp³-hybridized carbons (Fsp3) is 0.200. The summed E-state index contributed by atoms with van der Waals surface area (Å²) in [5, 5.41) is 0. The average Bonchev–Trinajstić information content (AvgIpc) is 2.12. The number of allylic oxidation sites excluding steroid dienone is 1. The highest BCUT2D eigenvalue weighted by atomic mass is 19.1. The van der Waals surface area contributed by atoms with Gasteiger partial charge in [0.05, 0.1) is 12.8 Å². The summed E-state index contributed by atoms with van der Waals surface area (Å²) < 4.78 is 18.2.